The highest BCUT2D eigenvalue weighted by atomic mass is 32.1. The molecule has 1 amide bonds. The lowest BCUT2D eigenvalue weighted by molar-refractivity contribution is -0.114. The molecule has 0 aliphatic carbocycles. The van der Waals surface area contributed by atoms with Crippen LogP contribution >= 0.6 is 11.3 Å². The Morgan fingerprint density at radius 3 is 2.84 bits per heavy atom. The van der Waals surface area contributed by atoms with Gasteiger partial charge in [0.25, 0.3) is 0 Å². The lowest BCUT2D eigenvalue weighted by atomic mass is 10.2. The quantitative estimate of drug-likeness (QED) is 0.880. The van der Waals surface area contributed by atoms with Crippen molar-refractivity contribution in [1.82, 2.24) is 0 Å². The van der Waals surface area contributed by atoms with Gasteiger partial charge in [0.2, 0.25) is 5.91 Å². The predicted octanol–water partition coefficient (Wildman–Crippen LogP) is 3.33. The zero-order chi connectivity index (χ0) is 13.7. The summed E-state index contributed by atoms with van der Waals surface area (Å²) in [5.74, 6) is 0.667. The fourth-order valence-electron chi connectivity index (χ4n) is 1.72. The molecule has 2 N–H and O–H groups in total. The fraction of sp³-hybridized carbons (Fsp3) is 0.214. The molecule has 4 nitrogen and oxygen atoms in total. The zero-order valence-electron chi connectivity index (χ0n) is 10.9. The van der Waals surface area contributed by atoms with E-state index in [0.29, 0.717) is 0 Å². The number of carbonyl (C=O) groups excluding carboxylic acids is 1. The number of carbonyl (C=O) groups is 1. The maximum Gasteiger partial charge on any atom is 0.221 e. The number of benzene rings is 1. The monoisotopic (exact) mass is 276 g/mol. The summed E-state index contributed by atoms with van der Waals surface area (Å²) in [4.78, 5) is 12.3. The molecule has 0 aliphatic rings. The first-order chi connectivity index (χ1) is 9.19. The Hall–Kier alpha value is -2.01. The number of ether oxygens (including phenoxy) is 1. The maximum absolute atomic E-state index is 11.1. The van der Waals surface area contributed by atoms with Crippen molar-refractivity contribution in [3.05, 3.63) is 40.6 Å². The van der Waals surface area contributed by atoms with Gasteiger partial charge >= 0.3 is 0 Å². The van der Waals surface area contributed by atoms with Crippen LogP contribution in [0, 0.1) is 0 Å². The Kier molecular flexibility index (Phi) is 4.41. The second-order valence-electron chi connectivity index (χ2n) is 4.03. The van der Waals surface area contributed by atoms with E-state index in [-0.39, 0.29) is 5.91 Å². The van der Waals surface area contributed by atoms with E-state index in [1.54, 1.807) is 18.4 Å². The van der Waals surface area contributed by atoms with Gasteiger partial charge in [0.05, 0.1) is 12.8 Å². The van der Waals surface area contributed by atoms with Gasteiger partial charge in [0.1, 0.15) is 5.75 Å². The smallest absolute Gasteiger partial charge is 0.221 e. The molecule has 0 aliphatic heterocycles. The van der Waals surface area contributed by atoms with Gasteiger partial charge in [0.15, 0.2) is 0 Å². The van der Waals surface area contributed by atoms with Gasteiger partial charge in [-0.15, -0.1) is 11.3 Å². The van der Waals surface area contributed by atoms with Crippen molar-refractivity contribution >= 4 is 28.6 Å². The Morgan fingerprint density at radius 1 is 1.37 bits per heavy atom. The van der Waals surface area contributed by atoms with Crippen LogP contribution < -0.4 is 15.4 Å². The van der Waals surface area contributed by atoms with Gasteiger partial charge in [-0.2, -0.15) is 0 Å². The van der Waals surface area contributed by atoms with Crippen molar-refractivity contribution in [3.8, 4) is 5.75 Å². The number of hydrogen-bond acceptors (Lipinski definition) is 4. The summed E-state index contributed by atoms with van der Waals surface area (Å²) in [6.45, 7) is 2.22. The van der Waals surface area contributed by atoms with Crippen LogP contribution in [-0.2, 0) is 11.3 Å². The van der Waals surface area contributed by atoms with E-state index in [9.17, 15) is 4.79 Å². The van der Waals surface area contributed by atoms with Gasteiger partial charge in [-0.25, -0.2) is 0 Å². The number of thiophene rings is 1. The van der Waals surface area contributed by atoms with Crippen LogP contribution in [-0.4, -0.2) is 13.0 Å². The molecule has 0 radical (unpaired) electrons. The highest BCUT2D eigenvalue weighted by Crippen LogP contribution is 2.28. The molecule has 2 rings (SSSR count). The van der Waals surface area contributed by atoms with Crippen molar-refractivity contribution in [2.24, 2.45) is 0 Å². The van der Waals surface area contributed by atoms with E-state index in [2.05, 4.69) is 16.7 Å². The van der Waals surface area contributed by atoms with Crippen molar-refractivity contribution < 1.29 is 9.53 Å². The lowest BCUT2D eigenvalue weighted by Gasteiger charge is -2.12. The third-order valence-electron chi connectivity index (χ3n) is 2.55. The minimum atomic E-state index is -0.0885. The van der Waals surface area contributed by atoms with Crippen LogP contribution in [0.25, 0.3) is 0 Å². The molecular weight excluding hydrogens is 260 g/mol. The van der Waals surface area contributed by atoms with Crippen molar-refractivity contribution in [3.63, 3.8) is 0 Å². The number of hydrogen-bond donors (Lipinski definition) is 2. The van der Waals surface area contributed by atoms with Crippen LogP contribution in [0.4, 0.5) is 11.4 Å². The van der Waals surface area contributed by atoms with E-state index < -0.39 is 0 Å². The van der Waals surface area contributed by atoms with E-state index in [0.717, 1.165) is 23.7 Å². The molecule has 19 heavy (non-hydrogen) atoms. The molecule has 100 valence electrons. The Balaban J connectivity index is 2.13. The zero-order valence-corrected chi connectivity index (χ0v) is 11.7. The van der Waals surface area contributed by atoms with Crippen LogP contribution in [0.1, 0.15) is 11.8 Å². The summed E-state index contributed by atoms with van der Waals surface area (Å²) in [5, 5.41) is 8.12. The van der Waals surface area contributed by atoms with Crippen molar-refractivity contribution in [1.29, 1.82) is 0 Å². The number of anilines is 2. The molecule has 0 bridgehead atoms. The number of nitrogens with one attached hydrogen (secondary N) is 2. The van der Waals surface area contributed by atoms with E-state index in [4.69, 9.17) is 4.74 Å². The third kappa shape index (κ3) is 3.72. The normalized spacial score (nSPS) is 10.0. The van der Waals surface area contributed by atoms with Crippen LogP contribution in [0.2, 0.25) is 0 Å². The second-order valence-corrected chi connectivity index (χ2v) is 5.06. The third-order valence-corrected chi connectivity index (χ3v) is 3.43. The van der Waals surface area contributed by atoms with Gasteiger partial charge in [-0.3, -0.25) is 4.79 Å². The SMILES string of the molecule is COc1ccc(NC(C)=O)cc1NCc1cccs1. The molecule has 0 atom stereocenters. The molecule has 5 heteroatoms. The largest absolute Gasteiger partial charge is 0.495 e. The molecule has 1 aromatic carbocycles. The standard InChI is InChI=1S/C14H16N2O2S/c1-10(17)16-11-5-6-14(18-2)13(8-11)15-9-12-4-3-7-19-12/h3-8,15H,9H2,1-2H3,(H,16,17). The summed E-state index contributed by atoms with van der Waals surface area (Å²) >= 11 is 1.70. The van der Waals surface area contributed by atoms with Gasteiger partial charge in [0, 0.05) is 24.0 Å². The summed E-state index contributed by atoms with van der Waals surface area (Å²) in [6.07, 6.45) is 0. The van der Waals surface area contributed by atoms with Gasteiger partial charge < -0.3 is 15.4 Å². The minimum Gasteiger partial charge on any atom is -0.495 e. The minimum absolute atomic E-state index is 0.0885. The number of rotatable bonds is 5. The summed E-state index contributed by atoms with van der Waals surface area (Å²) in [6, 6.07) is 9.61. The van der Waals surface area contributed by atoms with Crippen molar-refractivity contribution in [2.75, 3.05) is 17.7 Å². The Labute approximate surface area is 116 Å². The van der Waals surface area contributed by atoms with Gasteiger partial charge in [-0.05, 0) is 29.6 Å². The molecule has 0 saturated heterocycles. The van der Waals surface area contributed by atoms with Crippen LogP contribution in [0.3, 0.4) is 0 Å². The summed E-state index contributed by atoms with van der Waals surface area (Å²) in [7, 11) is 1.63. The highest BCUT2D eigenvalue weighted by molar-refractivity contribution is 7.09. The summed E-state index contributed by atoms with van der Waals surface area (Å²) < 4.78 is 5.30. The Morgan fingerprint density at radius 2 is 2.21 bits per heavy atom. The van der Waals surface area contributed by atoms with Crippen LogP contribution in [0.5, 0.6) is 5.75 Å². The number of methoxy groups -OCH3 is 1. The molecule has 0 fully saturated rings. The molecule has 0 saturated carbocycles. The molecule has 0 spiro atoms. The summed E-state index contributed by atoms with van der Waals surface area (Å²) in [5.41, 5.74) is 1.61. The molecule has 0 unspecified atom stereocenters. The molecule has 2 aromatic rings. The average Bonchev–Trinajstić information content (AvgIpc) is 2.89. The molecular formula is C14H16N2O2S. The van der Waals surface area contributed by atoms with E-state index >= 15 is 0 Å². The second kappa shape index (κ2) is 6.24. The van der Waals surface area contributed by atoms with E-state index in [1.807, 2.05) is 29.6 Å². The predicted molar refractivity (Wildman–Crippen MR) is 78.9 cm³/mol. The first kappa shape index (κ1) is 13.4. The van der Waals surface area contributed by atoms with Crippen LogP contribution in [0.15, 0.2) is 35.7 Å². The van der Waals surface area contributed by atoms with Gasteiger partial charge in [-0.1, -0.05) is 6.07 Å². The first-order valence-corrected chi connectivity index (χ1v) is 6.79. The first-order valence-electron chi connectivity index (χ1n) is 5.91. The lowest BCUT2D eigenvalue weighted by Crippen LogP contribution is -2.07. The van der Waals surface area contributed by atoms with E-state index in [1.165, 1.54) is 11.8 Å². The number of amides is 1. The van der Waals surface area contributed by atoms with Crippen molar-refractivity contribution in [2.45, 2.75) is 13.5 Å². The maximum atomic E-state index is 11.1. The highest BCUT2D eigenvalue weighted by Gasteiger charge is 2.05. The fourth-order valence-corrected chi connectivity index (χ4v) is 2.37. The Bertz CT molecular complexity index is 553. The average molecular weight is 276 g/mol. The topological polar surface area (TPSA) is 50.4 Å². The molecule has 1 aromatic heterocycles. The molecule has 1 heterocycles.